The summed E-state index contributed by atoms with van der Waals surface area (Å²) in [6.07, 6.45) is 7.17. The molecule has 0 aromatic carbocycles. The molecule has 1 aromatic heterocycles. The number of halogens is 1. The van der Waals surface area contributed by atoms with E-state index >= 15 is 0 Å². The average molecular weight is 533 g/mol. The zero-order chi connectivity index (χ0) is 26.2. The third-order valence-electron chi connectivity index (χ3n) is 7.85. The molecule has 37 heavy (non-hydrogen) atoms. The number of hydrogen-bond acceptors (Lipinski definition) is 8. The first-order chi connectivity index (χ1) is 17.8. The third kappa shape index (κ3) is 5.38. The number of ether oxygens (including phenoxy) is 2. The number of morpholine rings is 1. The summed E-state index contributed by atoms with van der Waals surface area (Å²) in [5.74, 6) is -0.192. The normalized spacial score (nSPS) is 29.7. The molecule has 12 heteroatoms. The van der Waals surface area contributed by atoms with Gasteiger partial charge in [0.25, 0.3) is 0 Å². The van der Waals surface area contributed by atoms with Crippen molar-refractivity contribution in [2.75, 3.05) is 25.0 Å². The molecular weight excluding hydrogens is 500 g/mol. The zero-order valence-electron chi connectivity index (χ0n) is 21.1. The van der Waals surface area contributed by atoms with Crippen LogP contribution in [0.25, 0.3) is 0 Å². The summed E-state index contributed by atoms with van der Waals surface area (Å²) in [4.78, 5) is 42.5. The molecule has 5 rings (SSSR count). The Bertz CT molecular complexity index is 1090. The van der Waals surface area contributed by atoms with E-state index in [1.807, 2.05) is 13.0 Å². The van der Waals surface area contributed by atoms with E-state index in [1.165, 1.54) is 7.05 Å². The highest BCUT2D eigenvalue weighted by Gasteiger charge is 2.47. The first-order valence-electron chi connectivity index (χ1n) is 12.9. The van der Waals surface area contributed by atoms with Gasteiger partial charge in [-0.3, -0.25) is 9.59 Å². The van der Waals surface area contributed by atoms with Crippen molar-refractivity contribution in [3.63, 3.8) is 0 Å². The number of likely N-dealkylation sites (N-methyl/N-ethyl adjacent to an activating group) is 1. The van der Waals surface area contributed by atoms with Crippen LogP contribution in [-0.2, 0) is 19.1 Å². The number of pyridine rings is 1. The third-order valence-corrected chi connectivity index (χ3v) is 8.16. The summed E-state index contributed by atoms with van der Waals surface area (Å²) >= 11 is 6.77. The van der Waals surface area contributed by atoms with Gasteiger partial charge in [0.15, 0.2) is 5.60 Å². The number of anilines is 1. The standard InChI is InChI=1S/C25H33ClN6O5/c1-14(29-23(34)22(33)27-2)9-15-5-7-25(8-6-15)21(30-31-24(35)37-25)18-11-28-20(10-19(18)26)32-12-16-3-4-17(13-32)36-16/h10-11,14-17H,3-9,12-13H2,1-2H3,(H,27,33)(H,29,34)(H,31,35)/t14-,15?,16?,17?,25?/m0/s1. The minimum Gasteiger partial charge on any atom is -0.435 e. The van der Waals surface area contributed by atoms with E-state index in [0.29, 0.717) is 35.1 Å². The summed E-state index contributed by atoms with van der Waals surface area (Å²) in [5.41, 5.74) is 2.77. The van der Waals surface area contributed by atoms with Gasteiger partial charge in [-0.1, -0.05) is 11.6 Å². The SMILES string of the molecule is CNC(=O)C(=O)N[C@@H](C)CC1CCC2(CC1)OC(=O)NN=C2c1cnc(N2CC3CCC(C2)O3)cc1Cl. The summed E-state index contributed by atoms with van der Waals surface area (Å²) in [6.45, 7) is 3.48. The van der Waals surface area contributed by atoms with Gasteiger partial charge >= 0.3 is 17.9 Å². The Morgan fingerprint density at radius 2 is 1.92 bits per heavy atom. The molecule has 11 nitrogen and oxygen atoms in total. The molecule has 1 spiro atoms. The van der Waals surface area contributed by atoms with E-state index in [9.17, 15) is 14.4 Å². The minimum absolute atomic E-state index is 0.158. The number of rotatable bonds is 5. The van der Waals surface area contributed by atoms with Crippen molar-refractivity contribution in [1.29, 1.82) is 0 Å². The zero-order valence-corrected chi connectivity index (χ0v) is 21.8. The number of fused-ring (bicyclic) bond motifs is 2. The van der Waals surface area contributed by atoms with Crippen molar-refractivity contribution < 1.29 is 23.9 Å². The van der Waals surface area contributed by atoms with Crippen molar-refractivity contribution in [3.8, 4) is 0 Å². The molecular formula is C25H33ClN6O5. The Morgan fingerprint density at radius 3 is 2.57 bits per heavy atom. The largest absolute Gasteiger partial charge is 0.435 e. The van der Waals surface area contributed by atoms with E-state index in [4.69, 9.17) is 26.1 Å². The second kappa shape index (κ2) is 10.4. The quantitative estimate of drug-likeness (QED) is 0.494. The molecule has 1 saturated carbocycles. The number of amides is 3. The number of carbonyl (C=O) groups excluding carboxylic acids is 3. The molecule has 3 N–H and O–H groups in total. The van der Waals surface area contributed by atoms with Gasteiger partial charge in [0.05, 0.1) is 17.2 Å². The van der Waals surface area contributed by atoms with Crippen molar-refractivity contribution >= 4 is 41.0 Å². The summed E-state index contributed by atoms with van der Waals surface area (Å²) in [5, 5.41) is 9.95. The summed E-state index contributed by atoms with van der Waals surface area (Å²) in [7, 11) is 1.42. The van der Waals surface area contributed by atoms with E-state index in [2.05, 4.69) is 26.1 Å². The first kappa shape index (κ1) is 25.7. The van der Waals surface area contributed by atoms with Gasteiger partial charge in [-0.05, 0) is 63.9 Å². The van der Waals surface area contributed by atoms with Crippen molar-refractivity contribution in [1.82, 2.24) is 21.0 Å². The predicted molar refractivity (Wildman–Crippen MR) is 136 cm³/mol. The predicted octanol–water partition coefficient (Wildman–Crippen LogP) is 2.12. The maximum Gasteiger partial charge on any atom is 0.428 e. The van der Waals surface area contributed by atoms with E-state index in [-0.39, 0.29) is 18.2 Å². The Morgan fingerprint density at radius 1 is 1.22 bits per heavy atom. The van der Waals surface area contributed by atoms with Gasteiger partial charge in [0.1, 0.15) is 11.5 Å². The second-order valence-electron chi connectivity index (χ2n) is 10.5. The highest BCUT2D eigenvalue weighted by atomic mass is 35.5. The fourth-order valence-corrected chi connectivity index (χ4v) is 6.24. The van der Waals surface area contributed by atoms with E-state index < -0.39 is 23.5 Å². The van der Waals surface area contributed by atoms with Crippen LogP contribution in [0.15, 0.2) is 17.4 Å². The van der Waals surface area contributed by atoms with Gasteiger partial charge in [-0.15, -0.1) is 0 Å². The topological polar surface area (TPSA) is 134 Å². The lowest BCUT2D eigenvalue weighted by Crippen LogP contribution is -2.52. The van der Waals surface area contributed by atoms with Gasteiger partial charge in [-0.25, -0.2) is 15.2 Å². The van der Waals surface area contributed by atoms with Crippen LogP contribution in [0.1, 0.15) is 57.4 Å². The smallest absolute Gasteiger partial charge is 0.428 e. The van der Waals surface area contributed by atoms with Crippen LogP contribution in [0, 0.1) is 5.92 Å². The van der Waals surface area contributed by atoms with Crippen molar-refractivity contribution in [2.24, 2.45) is 11.0 Å². The number of nitrogens with one attached hydrogen (secondary N) is 3. The van der Waals surface area contributed by atoms with Gasteiger partial charge in [0.2, 0.25) is 0 Å². The van der Waals surface area contributed by atoms with Crippen LogP contribution in [0.4, 0.5) is 10.6 Å². The average Bonchev–Trinajstić information content (AvgIpc) is 3.22. The molecule has 2 bridgehead atoms. The number of nitrogens with zero attached hydrogens (tertiary/aromatic N) is 3. The second-order valence-corrected chi connectivity index (χ2v) is 10.9. The molecule has 4 heterocycles. The van der Waals surface area contributed by atoms with Crippen LogP contribution in [-0.4, -0.2) is 72.6 Å². The molecule has 4 aliphatic rings. The van der Waals surface area contributed by atoms with Gasteiger partial charge in [-0.2, -0.15) is 5.10 Å². The molecule has 3 amide bonds. The summed E-state index contributed by atoms with van der Waals surface area (Å²) < 4.78 is 11.8. The fraction of sp³-hybridized carbons (Fsp3) is 0.640. The molecule has 2 saturated heterocycles. The van der Waals surface area contributed by atoms with Crippen LogP contribution >= 0.6 is 11.6 Å². The molecule has 3 aliphatic heterocycles. The number of aromatic nitrogens is 1. The van der Waals surface area contributed by atoms with E-state index in [0.717, 1.165) is 51.0 Å². The van der Waals surface area contributed by atoms with Crippen molar-refractivity contribution in [2.45, 2.75) is 75.7 Å². The minimum atomic E-state index is -0.891. The Hall–Kier alpha value is -2.92. The Kier molecular flexibility index (Phi) is 7.26. The lowest BCUT2D eigenvalue weighted by Gasteiger charge is -2.42. The molecule has 0 radical (unpaired) electrons. The number of carbonyl (C=O) groups is 3. The van der Waals surface area contributed by atoms with Gasteiger partial charge in [0, 0.05) is 37.9 Å². The monoisotopic (exact) mass is 532 g/mol. The Labute approximate surface area is 220 Å². The Balaban J connectivity index is 1.27. The molecule has 3 fully saturated rings. The molecule has 1 aromatic rings. The van der Waals surface area contributed by atoms with Crippen LogP contribution in [0.5, 0.6) is 0 Å². The maximum absolute atomic E-state index is 12.2. The highest BCUT2D eigenvalue weighted by Crippen LogP contribution is 2.42. The lowest BCUT2D eigenvalue weighted by atomic mass is 9.73. The van der Waals surface area contributed by atoms with Crippen LogP contribution in [0.3, 0.4) is 0 Å². The van der Waals surface area contributed by atoms with Crippen LogP contribution < -0.4 is 21.0 Å². The van der Waals surface area contributed by atoms with Crippen molar-refractivity contribution in [3.05, 3.63) is 22.8 Å². The fourth-order valence-electron chi connectivity index (χ4n) is 6.01. The molecule has 2 unspecified atom stereocenters. The number of hydrazone groups is 1. The molecule has 3 atom stereocenters. The summed E-state index contributed by atoms with van der Waals surface area (Å²) in [6, 6.07) is 1.70. The van der Waals surface area contributed by atoms with Crippen LogP contribution in [0.2, 0.25) is 5.02 Å². The first-order valence-corrected chi connectivity index (χ1v) is 13.3. The maximum atomic E-state index is 12.2. The van der Waals surface area contributed by atoms with E-state index in [1.54, 1.807) is 6.20 Å². The molecule has 200 valence electrons. The lowest BCUT2D eigenvalue weighted by molar-refractivity contribution is -0.139. The highest BCUT2D eigenvalue weighted by molar-refractivity contribution is 6.35. The van der Waals surface area contributed by atoms with Gasteiger partial charge < -0.3 is 25.0 Å². The molecule has 1 aliphatic carbocycles. The number of hydrogen-bond donors (Lipinski definition) is 3.